The van der Waals surface area contributed by atoms with Crippen molar-refractivity contribution in [2.45, 2.75) is 19.9 Å². The Balaban J connectivity index is 0.00000361. The number of hydrogen-bond acceptors (Lipinski definition) is 4. The summed E-state index contributed by atoms with van der Waals surface area (Å²) >= 11 is 0. The van der Waals surface area contributed by atoms with E-state index in [0.29, 0.717) is 0 Å². The van der Waals surface area contributed by atoms with E-state index in [4.69, 9.17) is 5.73 Å². The van der Waals surface area contributed by atoms with Crippen molar-refractivity contribution in [2.75, 3.05) is 13.7 Å². The van der Waals surface area contributed by atoms with Gasteiger partial charge in [0.1, 0.15) is 6.04 Å². The molecule has 5 nitrogen and oxygen atoms in total. The molecule has 1 rings (SSSR count). The summed E-state index contributed by atoms with van der Waals surface area (Å²) < 4.78 is 4.67. The highest BCUT2D eigenvalue weighted by Gasteiger charge is 2.30. The summed E-state index contributed by atoms with van der Waals surface area (Å²) in [4.78, 5) is 23.4. The number of carbonyl (C=O) groups excluding carboxylic acids is 2. The second kappa shape index (κ2) is 7.87. The summed E-state index contributed by atoms with van der Waals surface area (Å²) in [5.74, 6) is -0.690. The molecule has 3 N–H and O–H groups in total. The number of methoxy groups -OCH3 is 1. The van der Waals surface area contributed by atoms with Crippen LogP contribution >= 0.6 is 12.4 Å². The highest BCUT2D eigenvalue weighted by atomic mass is 35.5. The van der Waals surface area contributed by atoms with Crippen molar-refractivity contribution in [1.29, 1.82) is 0 Å². The van der Waals surface area contributed by atoms with Crippen molar-refractivity contribution in [1.82, 2.24) is 5.32 Å². The fourth-order valence-corrected chi connectivity index (χ4v) is 1.58. The largest absolute Gasteiger partial charge is 0.469 e. The Labute approximate surface area is 125 Å². The number of carbonyl (C=O) groups is 2. The maximum Gasteiger partial charge on any atom is 0.313 e. The van der Waals surface area contributed by atoms with E-state index in [9.17, 15) is 9.59 Å². The minimum absolute atomic E-state index is 0. The third-order valence-corrected chi connectivity index (χ3v) is 2.88. The molecule has 0 radical (unpaired) electrons. The van der Waals surface area contributed by atoms with Gasteiger partial charge in [0.2, 0.25) is 5.91 Å². The van der Waals surface area contributed by atoms with Crippen molar-refractivity contribution in [2.24, 2.45) is 11.1 Å². The number of esters is 1. The van der Waals surface area contributed by atoms with Gasteiger partial charge in [-0.15, -0.1) is 12.4 Å². The first-order valence-electron chi connectivity index (χ1n) is 6.05. The lowest BCUT2D eigenvalue weighted by atomic mass is 9.93. The smallest absolute Gasteiger partial charge is 0.313 e. The monoisotopic (exact) mass is 300 g/mol. The van der Waals surface area contributed by atoms with Crippen LogP contribution in [0.15, 0.2) is 30.3 Å². The topological polar surface area (TPSA) is 81.4 Å². The molecule has 0 fully saturated rings. The standard InChI is InChI=1S/C14H20N2O3.ClH/c1-14(2,13(18)19-3)9-16-12(17)11(15)10-7-5-4-6-8-10;/h4-8,11H,9,15H2,1-3H3,(H,16,17);1H. The lowest BCUT2D eigenvalue weighted by Gasteiger charge is -2.23. The second-order valence-corrected chi connectivity index (χ2v) is 4.98. The average molecular weight is 301 g/mol. The van der Waals surface area contributed by atoms with Crippen molar-refractivity contribution in [3.05, 3.63) is 35.9 Å². The molecule has 0 aliphatic carbocycles. The molecule has 0 heterocycles. The predicted octanol–water partition coefficient (Wildman–Crippen LogP) is 1.42. The molecule has 112 valence electrons. The Kier molecular flexibility index (Phi) is 7.24. The van der Waals surface area contributed by atoms with E-state index in [1.807, 2.05) is 18.2 Å². The Bertz CT molecular complexity index is 449. The van der Waals surface area contributed by atoms with Gasteiger partial charge >= 0.3 is 5.97 Å². The molecule has 1 unspecified atom stereocenters. The third-order valence-electron chi connectivity index (χ3n) is 2.88. The van der Waals surface area contributed by atoms with Crippen molar-refractivity contribution >= 4 is 24.3 Å². The summed E-state index contributed by atoms with van der Waals surface area (Å²) in [5, 5.41) is 2.67. The average Bonchev–Trinajstić information content (AvgIpc) is 2.43. The summed E-state index contributed by atoms with van der Waals surface area (Å²) in [5.41, 5.74) is 5.80. The molecule has 1 aromatic carbocycles. The predicted molar refractivity (Wildman–Crippen MR) is 79.4 cm³/mol. The van der Waals surface area contributed by atoms with Gasteiger partial charge in [-0.25, -0.2) is 0 Å². The van der Waals surface area contributed by atoms with Gasteiger partial charge in [-0.3, -0.25) is 9.59 Å². The number of hydrogen-bond donors (Lipinski definition) is 2. The van der Waals surface area contributed by atoms with Gasteiger partial charge in [-0.1, -0.05) is 30.3 Å². The molecule has 20 heavy (non-hydrogen) atoms. The number of nitrogens with one attached hydrogen (secondary N) is 1. The van der Waals surface area contributed by atoms with Crippen LogP contribution in [0.1, 0.15) is 25.5 Å². The Morgan fingerprint density at radius 1 is 1.30 bits per heavy atom. The van der Waals surface area contributed by atoms with Crippen LogP contribution in [0.25, 0.3) is 0 Å². The number of benzene rings is 1. The zero-order valence-corrected chi connectivity index (χ0v) is 12.7. The highest BCUT2D eigenvalue weighted by Crippen LogP contribution is 2.16. The lowest BCUT2D eigenvalue weighted by Crippen LogP contribution is -2.43. The molecule has 0 aliphatic heterocycles. The van der Waals surface area contributed by atoms with E-state index in [0.717, 1.165) is 5.56 Å². The Morgan fingerprint density at radius 2 is 1.85 bits per heavy atom. The molecule has 1 amide bonds. The minimum Gasteiger partial charge on any atom is -0.469 e. The SMILES string of the molecule is COC(=O)C(C)(C)CNC(=O)C(N)c1ccccc1.Cl. The molecule has 6 heteroatoms. The van der Waals surface area contributed by atoms with Gasteiger partial charge in [-0.2, -0.15) is 0 Å². The van der Waals surface area contributed by atoms with E-state index in [2.05, 4.69) is 10.1 Å². The molecule has 1 atom stereocenters. The van der Waals surface area contributed by atoms with Gasteiger partial charge < -0.3 is 15.8 Å². The van der Waals surface area contributed by atoms with Crippen LogP contribution in [0.3, 0.4) is 0 Å². The quantitative estimate of drug-likeness (QED) is 0.806. The van der Waals surface area contributed by atoms with Gasteiger partial charge in [0.25, 0.3) is 0 Å². The van der Waals surface area contributed by atoms with Crippen LogP contribution in [0, 0.1) is 5.41 Å². The molecule has 1 aromatic rings. The zero-order valence-electron chi connectivity index (χ0n) is 11.9. The Hall–Kier alpha value is -1.59. The number of rotatable bonds is 5. The third kappa shape index (κ3) is 4.83. The first kappa shape index (κ1) is 18.4. The molecule has 0 saturated heterocycles. The van der Waals surface area contributed by atoms with Crippen LogP contribution < -0.4 is 11.1 Å². The Morgan fingerprint density at radius 3 is 2.35 bits per heavy atom. The first-order chi connectivity index (χ1) is 8.88. The fraction of sp³-hybridized carbons (Fsp3) is 0.429. The van der Waals surface area contributed by atoms with E-state index in [-0.39, 0.29) is 30.8 Å². The van der Waals surface area contributed by atoms with E-state index in [1.54, 1.807) is 26.0 Å². The van der Waals surface area contributed by atoms with Crippen LogP contribution in [-0.2, 0) is 14.3 Å². The van der Waals surface area contributed by atoms with Crippen molar-refractivity contribution in [3.8, 4) is 0 Å². The van der Waals surface area contributed by atoms with Crippen LogP contribution in [0.5, 0.6) is 0 Å². The molecular formula is C14H21ClN2O3. The molecule has 0 saturated carbocycles. The summed E-state index contributed by atoms with van der Waals surface area (Å²) in [7, 11) is 1.32. The molecule has 0 aromatic heterocycles. The lowest BCUT2D eigenvalue weighted by molar-refractivity contribution is -0.150. The van der Waals surface area contributed by atoms with Gasteiger partial charge in [0.05, 0.1) is 12.5 Å². The fourth-order valence-electron chi connectivity index (χ4n) is 1.58. The molecule has 0 spiro atoms. The van der Waals surface area contributed by atoms with E-state index in [1.165, 1.54) is 7.11 Å². The summed E-state index contributed by atoms with van der Waals surface area (Å²) in [6.07, 6.45) is 0. The van der Waals surface area contributed by atoms with Gasteiger partial charge in [-0.05, 0) is 19.4 Å². The summed E-state index contributed by atoms with van der Waals surface area (Å²) in [6.45, 7) is 3.58. The van der Waals surface area contributed by atoms with Crippen LogP contribution in [-0.4, -0.2) is 25.5 Å². The van der Waals surface area contributed by atoms with Crippen molar-refractivity contribution < 1.29 is 14.3 Å². The number of halogens is 1. The zero-order chi connectivity index (χ0) is 14.5. The molecular weight excluding hydrogens is 280 g/mol. The van der Waals surface area contributed by atoms with Gasteiger partial charge in [0.15, 0.2) is 0 Å². The van der Waals surface area contributed by atoms with Crippen LogP contribution in [0.2, 0.25) is 0 Å². The first-order valence-corrected chi connectivity index (χ1v) is 6.05. The normalized spacial score (nSPS) is 12.0. The van der Waals surface area contributed by atoms with E-state index >= 15 is 0 Å². The highest BCUT2D eigenvalue weighted by molar-refractivity contribution is 5.85. The van der Waals surface area contributed by atoms with Gasteiger partial charge in [0, 0.05) is 6.54 Å². The number of amides is 1. The maximum atomic E-state index is 11.9. The minimum atomic E-state index is -0.777. The number of ether oxygens (including phenoxy) is 1. The number of nitrogens with two attached hydrogens (primary N) is 1. The second-order valence-electron chi connectivity index (χ2n) is 4.98. The van der Waals surface area contributed by atoms with Crippen LogP contribution in [0.4, 0.5) is 0 Å². The van der Waals surface area contributed by atoms with Crippen molar-refractivity contribution in [3.63, 3.8) is 0 Å². The van der Waals surface area contributed by atoms with E-state index < -0.39 is 11.5 Å². The molecule has 0 bridgehead atoms. The summed E-state index contributed by atoms with van der Waals surface area (Å²) in [6, 6.07) is 8.33. The molecule has 0 aliphatic rings. The maximum absolute atomic E-state index is 11.9.